The molecule has 0 saturated carbocycles. The van der Waals surface area contributed by atoms with E-state index in [1.807, 2.05) is 0 Å². The number of likely N-dealkylation sites (N-methyl/N-ethyl adjacent to an activating group) is 2. The number of para-hydroxylation sites is 2. The molecular weight excluding hydrogens is 468 g/mol. The van der Waals surface area contributed by atoms with Crippen molar-refractivity contribution >= 4 is 24.1 Å². The highest BCUT2D eigenvalue weighted by molar-refractivity contribution is 5.91. The summed E-state index contributed by atoms with van der Waals surface area (Å²) in [5, 5.41) is 0. The summed E-state index contributed by atoms with van der Waals surface area (Å²) in [6.07, 6.45) is 0.649. The first-order valence-electron chi connectivity index (χ1n) is 11.2. The molecule has 2 aromatic carbocycles. The topological polar surface area (TPSA) is 112 Å². The molecule has 0 aliphatic heterocycles. The number of hydrogen-bond acceptors (Lipinski definition) is 8. The fourth-order valence-electron chi connectivity index (χ4n) is 2.54. The molecule has 0 aromatic heterocycles. The molecule has 0 spiro atoms. The molecule has 2 amide bonds. The normalized spacial score (nSPS) is 12.2. The van der Waals surface area contributed by atoms with Crippen LogP contribution in [0.15, 0.2) is 72.8 Å². The molecule has 0 fully saturated rings. The number of benzene rings is 2. The highest BCUT2D eigenvalue weighted by Crippen LogP contribution is 2.12. The first-order valence-corrected chi connectivity index (χ1v) is 11.2. The van der Waals surface area contributed by atoms with E-state index in [-0.39, 0.29) is 13.2 Å². The molecule has 0 radical (unpaired) electrons. The van der Waals surface area contributed by atoms with E-state index in [1.165, 1.54) is 23.9 Å². The number of carbonyl (C=O) groups excluding carboxylic acids is 4. The lowest BCUT2D eigenvalue weighted by atomic mass is 10.3. The number of ether oxygens (including phenoxy) is 4. The lowest BCUT2D eigenvalue weighted by molar-refractivity contribution is -0.141. The van der Waals surface area contributed by atoms with Crippen LogP contribution in [0, 0.1) is 0 Å². The van der Waals surface area contributed by atoms with Crippen LogP contribution < -0.4 is 9.47 Å². The Kier molecular flexibility index (Phi) is 11.0. The van der Waals surface area contributed by atoms with Gasteiger partial charge in [-0.15, -0.1) is 0 Å². The molecule has 0 unspecified atom stereocenters. The fourth-order valence-corrected chi connectivity index (χ4v) is 2.54. The predicted octanol–water partition coefficient (Wildman–Crippen LogP) is 3.67. The van der Waals surface area contributed by atoms with Gasteiger partial charge in [-0.3, -0.25) is 0 Å². The van der Waals surface area contributed by atoms with Crippen LogP contribution in [0.25, 0.3) is 0 Å². The molecule has 0 saturated heterocycles. The summed E-state index contributed by atoms with van der Waals surface area (Å²) in [4.78, 5) is 50.8. The first kappa shape index (κ1) is 27.9. The van der Waals surface area contributed by atoms with Crippen molar-refractivity contribution in [3.05, 3.63) is 72.8 Å². The third-order valence-electron chi connectivity index (χ3n) is 5.08. The van der Waals surface area contributed by atoms with Gasteiger partial charge in [-0.05, 0) is 38.1 Å². The molecule has 0 N–H and O–H groups in total. The minimum absolute atomic E-state index is 0.107. The summed E-state index contributed by atoms with van der Waals surface area (Å²) in [6, 6.07) is 16.2. The standard InChI is InChI=1S/C26H30N2O8/c1-19(27(3)25(31)35-21-11-7-5-8-12-21)17-33-23(29)15-16-24(30)34-18-20(2)28(4)26(32)36-22-13-9-6-10-14-22/h5-16,19-20H,17-18H2,1-4H3/b16-15+/t19-,20-/m1/s1. The van der Waals surface area contributed by atoms with Crippen LogP contribution in [0.4, 0.5) is 9.59 Å². The van der Waals surface area contributed by atoms with Crippen molar-refractivity contribution in [2.24, 2.45) is 0 Å². The van der Waals surface area contributed by atoms with Gasteiger partial charge in [-0.2, -0.15) is 0 Å². The predicted molar refractivity (Wildman–Crippen MR) is 130 cm³/mol. The highest BCUT2D eigenvalue weighted by Gasteiger charge is 2.20. The van der Waals surface area contributed by atoms with E-state index in [4.69, 9.17) is 18.9 Å². The zero-order valence-corrected chi connectivity index (χ0v) is 20.7. The average Bonchev–Trinajstić information content (AvgIpc) is 2.89. The molecule has 2 aromatic rings. The molecule has 2 rings (SSSR count). The van der Waals surface area contributed by atoms with Gasteiger partial charge in [0.1, 0.15) is 24.7 Å². The Labute approximate surface area is 210 Å². The maximum absolute atomic E-state index is 12.2. The van der Waals surface area contributed by atoms with Gasteiger partial charge >= 0.3 is 24.1 Å². The molecule has 192 valence electrons. The Morgan fingerprint density at radius 1 is 0.667 bits per heavy atom. The highest BCUT2D eigenvalue weighted by atomic mass is 16.6. The van der Waals surface area contributed by atoms with Crippen molar-refractivity contribution in [1.82, 2.24) is 9.80 Å². The lowest BCUT2D eigenvalue weighted by Crippen LogP contribution is -2.40. The van der Waals surface area contributed by atoms with Crippen molar-refractivity contribution in [2.75, 3.05) is 27.3 Å². The zero-order valence-electron chi connectivity index (χ0n) is 20.7. The molecule has 10 nitrogen and oxygen atoms in total. The zero-order chi connectivity index (χ0) is 26.5. The Bertz CT molecular complexity index is 959. The van der Waals surface area contributed by atoms with Crippen LogP contribution >= 0.6 is 0 Å². The quantitative estimate of drug-likeness (QED) is 0.360. The maximum Gasteiger partial charge on any atom is 0.415 e. The van der Waals surface area contributed by atoms with Crippen molar-refractivity contribution in [3.63, 3.8) is 0 Å². The van der Waals surface area contributed by atoms with Gasteiger partial charge in [0.15, 0.2) is 0 Å². The number of esters is 2. The third kappa shape index (κ3) is 9.49. The molecule has 36 heavy (non-hydrogen) atoms. The fraction of sp³-hybridized carbons (Fsp3) is 0.308. The van der Waals surface area contributed by atoms with Crippen LogP contribution in [-0.4, -0.2) is 73.3 Å². The second kappa shape index (κ2) is 14.1. The molecular formula is C26H30N2O8. The monoisotopic (exact) mass is 498 g/mol. The van der Waals surface area contributed by atoms with Gasteiger partial charge in [0, 0.05) is 26.2 Å². The van der Waals surface area contributed by atoms with Crippen molar-refractivity contribution in [1.29, 1.82) is 0 Å². The Morgan fingerprint density at radius 2 is 1.00 bits per heavy atom. The van der Waals surface area contributed by atoms with Crippen molar-refractivity contribution in [2.45, 2.75) is 25.9 Å². The van der Waals surface area contributed by atoms with Crippen LogP contribution in [0.3, 0.4) is 0 Å². The van der Waals surface area contributed by atoms with Crippen molar-refractivity contribution in [3.8, 4) is 11.5 Å². The van der Waals surface area contributed by atoms with Gasteiger partial charge in [0.2, 0.25) is 0 Å². The van der Waals surface area contributed by atoms with Crippen molar-refractivity contribution < 1.29 is 38.1 Å². The van der Waals surface area contributed by atoms with E-state index in [0.717, 1.165) is 12.2 Å². The summed E-state index contributed by atoms with van der Waals surface area (Å²) in [6.45, 7) is 3.14. The number of nitrogens with zero attached hydrogens (tertiary/aromatic N) is 2. The minimum Gasteiger partial charge on any atom is -0.460 e. The second-order valence-corrected chi connectivity index (χ2v) is 7.88. The average molecular weight is 499 g/mol. The molecule has 0 heterocycles. The van der Waals surface area contributed by atoms with E-state index >= 15 is 0 Å². The molecule has 0 bridgehead atoms. The van der Waals surface area contributed by atoms with E-state index in [0.29, 0.717) is 11.5 Å². The second-order valence-electron chi connectivity index (χ2n) is 7.88. The Morgan fingerprint density at radius 3 is 1.33 bits per heavy atom. The molecule has 0 aliphatic carbocycles. The maximum atomic E-state index is 12.2. The lowest BCUT2D eigenvalue weighted by Gasteiger charge is -2.23. The SMILES string of the molecule is C[C@H](COC(=O)/C=C/C(=O)OC[C@@H](C)N(C)C(=O)Oc1ccccc1)N(C)C(=O)Oc1ccccc1. The van der Waals surface area contributed by atoms with Gasteiger partial charge in [-0.25, -0.2) is 19.2 Å². The largest absolute Gasteiger partial charge is 0.460 e. The van der Waals surface area contributed by atoms with E-state index < -0.39 is 36.2 Å². The molecule has 10 heteroatoms. The van der Waals surface area contributed by atoms with Crippen LogP contribution in [0.2, 0.25) is 0 Å². The Hall–Kier alpha value is -4.34. The van der Waals surface area contributed by atoms with Gasteiger partial charge in [0.05, 0.1) is 12.1 Å². The van der Waals surface area contributed by atoms with Crippen LogP contribution in [0.1, 0.15) is 13.8 Å². The summed E-state index contributed by atoms with van der Waals surface area (Å²) < 4.78 is 20.6. The van der Waals surface area contributed by atoms with Crippen LogP contribution in [-0.2, 0) is 19.1 Å². The van der Waals surface area contributed by atoms with Gasteiger partial charge < -0.3 is 28.7 Å². The van der Waals surface area contributed by atoms with Gasteiger partial charge in [-0.1, -0.05) is 36.4 Å². The number of hydrogen-bond donors (Lipinski definition) is 0. The minimum atomic E-state index is -0.778. The van der Waals surface area contributed by atoms with E-state index in [9.17, 15) is 19.2 Å². The first-order chi connectivity index (χ1) is 17.2. The number of amides is 2. The smallest absolute Gasteiger partial charge is 0.415 e. The third-order valence-corrected chi connectivity index (χ3v) is 5.08. The number of carbonyl (C=O) groups is 4. The number of rotatable bonds is 10. The van der Waals surface area contributed by atoms with E-state index in [2.05, 4.69) is 0 Å². The van der Waals surface area contributed by atoms with Crippen LogP contribution in [0.5, 0.6) is 11.5 Å². The summed E-state index contributed by atoms with van der Waals surface area (Å²) in [7, 11) is 3.04. The van der Waals surface area contributed by atoms with Gasteiger partial charge in [0.25, 0.3) is 0 Å². The summed E-state index contributed by atoms with van der Waals surface area (Å²) in [5.41, 5.74) is 0. The molecule has 2 atom stereocenters. The molecule has 0 aliphatic rings. The Balaban J connectivity index is 1.69. The summed E-state index contributed by atoms with van der Waals surface area (Å²) >= 11 is 0. The summed E-state index contributed by atoms with van der Waals surface area (Å²) in [5.74, 6) is -0.761. The van der Waals surface area contributed by atoms with E-state index in [1.54, 1.807) is 74.5 Å².